The van der Waals surface area contributed by atoms with Gasteiger partial charge in [-0.05, 0) is 30.3 Å². The lowest BCUT2D eigenvalue weighted by Gasteiger charge is -2.30. The van der Waals surface area contributed by atoms with Crippen molar-refractivity contribution in [3.63, 3.8) is 0 Å². The second-order valence-corrected chi connectivity index (χ2v) is 7.85. The van der Waals surface area contributed by atoms with Crippen molar-refractivity contribution >= 4 is 45.0 Å². The summed E-state index contributed by atoms with van der Waals surface area (Å²) < 4.78 is 11.1. The maximum absolute atomic E-state index is 13.3. The Labute approximate surface area is 192 Å². The lowest BCUT2D eigenvalue weighted by atomic mass is 10.1. The van der Waals surface area contributed by atoms with Crippen LogP contribution in [0.4, 0.5) is 11.4 Å². The second kappa shape index (κ2) is 9.98. The molecule has 0 N–H and O–H groups in total. The van der Waals surface area contributed by atoms with E-state index >= 15 is 0 Å². The van der Waals surface area contributed by atoms with Gasteiger partial charge in [-0.3, -0.25) is 24.5 Å². The van der Waals surface area contributed by atoms with Gasteiger partial charge in [0.1, 0.15) is 6.04 Å². The molecule has 10 nitrogen and oxygen atoms in total. The van der Waals surface area contributed by atoms with Gasteiger partial charge >= 0.3 is 0 Å². The van der Waals surface area contributed by atoms with Gasteiger partial charge in [0.05, 0.1) is 23.6 Å². The van der Waals surface area contributed by atoms with Crippen molar-refractivity contribution in [2.75, 3.05) is 25.7 Å². The Morgan fingerprint density at radius 2 is 1.88 bits per heavy atom. The van der Waals surface area contributed by atoms with Crippen LogP contribution in [0.15, 0.2) is 53.0 Å². The van der Waals surface area contributed by atoms with Crippen LogP contribution >= 0.6 is 15.9 Å². The highest BCUT2D eigenvalue weighted by Crippen LogP contribution is 2.28. The predicted octanol–water partition coefficient (Wildman–Crippen LogP) is 2.75. The van der Waals surface area contributed by atoms with Crippen LogP contribution in [-0.4, -0.2) is 60.6 Å². The predicted molar refractivity (Wildman–Crippen MR) is 117 cm³/mol. The molecular weight excluding hydrogens is 486 g/mol. The molecule has 1 fully saturated rings. The fourth-order valence-electron chi connectivity index (χ4n) is 3.40. The molecule has 2 aromatic carbocycles. The van der Waals surface area contributed by atoms with E-state index in [1.165, 1.54) is 32.4 Å². The molecule has 3 rings (SSSR count). The first kappa shape index (κ1) is 23.5. The monoisotopic (exact) mass is 505 g/mol. The van der Waals surface area contributed by atoms with Crippen LogP contribution in [0.3, 0.4) is 0 Å². The Morgan fingerprint density at radius 3 is 2.47 bits per heavy atom. The largest absolute Gasteiger partial charge is 0.354 e. The van der Waals surface area contributed by atoms with Crippen molar-refractivity contribution in [1.82, 2.24) is 4.90 Å². The Hall–Kier alpha value is -3.15. The average molecular weight is 506 g/mol. The molecule has 1 aliphatic heterocycles. The summed E-state index contributed by atoms with van der Waals surface area (Å²) in [7, 11) is 2.75. The van der Waals surface area contributed by atoms with Crippen LogP contribution in [0.1, 0.15) is 16.8 Å². The van der Waals surface area contributed by atoms with Gasteiger partial charge in [0.15, 0.2) is 6.29 Å². The summed E-state index contributed by atoms with van der Waals surface area (Å²) in [5.41, 5.74) is 0.118. The molecule has 1 aliphatic rings. The normalized spacial score (nSPS) is 16.0. The molecule has 3 amide bonds. The summed E-state index contributed by atoms with van der Waals surface area (Å²) in [4.78, 5) is 52.0. The standard InChI is InChI=1S/C21H20BrN3O7/c1-31-19(32-2)12-23(20(27)13-4-3-5-16(10-13)25(29)30)17-11-18(26)24(21(17)28)15-8-6-14(22)7-9-15/h3-10,17,19H,11-12H2,1-2H3. The number of nitrogens with zero attached hydrogens (tertiary/aromatic N) is 3. The number of hydrogen-bond acceptors (Lipinski definition) is 7. The molecule has 0 aromatic heterocycles. The zero-order valence-corrected chi connectivity index (χ0v) is 18.9. The number of ether oxygens (including phenoxy) is 2. The van der Waals surface area contributed by atoms with Crippen LogP contribution < -0.4 is 4.90 Å². The molecule has 0 aliphatic carbocycles. The SMILES string of the molecule is COC(CN(C(=O)c1cccc([N+](=O)[O-])c1)C1CC(=O)N(c2ccc(Br)cc2)C1=O)OC. The van der Waals surface area contributed by atoms with Gasteiger partial charge in [0, 0.05) is 36.4 Å². The Balaban J connectivity index is 1.96. The number of carbonyl (C=O) groups is 3. The molecule has 1 heterocycles. The third-order valence-electron chi connectivity index (χ3n) is 5.02. The number of imide groups is 1. The summed E-state index contributed by atoms with van der Waals surface area (Å²) in [5.74, 6) is -1.70. The second-order valence-electron chi connectivity index (χ2n) is 6.93. The molecule has 1 saturated heterocycles. The maximum Gasteiger partial charge on any atom is 0.270 e. The van der Waals surface area contributed by atoms with Crippen molar-refractivity contribution in [3.8, 4) is 0 Å². The van der Waals surface area contributed by atoms with E-state index in [-0.39, 0.29) is 24.2 Å². The van der Waals surface area contributed by atoms with Gasteiger partial charge in [-0.25, -0.2) is 4.90 Å². The van der Waals surface area contributed by atoms with E-state index in [4.69, 9.17) is 9.47 Å². The smallest absolute Gasteiger partial charge is 0.270 e. The summed E-state index contributed by atoms with van der Waals surface area (Å²) in [6, 6.07) is 10.7. The third-order valence-corrected chi connectivity index (χ3v) is 5.55. The van der Waals surface area contributed by atoms with Crippen LogP contribution in [0.2, 0.25) is 0 Å². The number of amides is 3. The highest BCUT2D eigenvalue weighted by atomic mass is 79.9. The zero-order chi connectivity index (χ0) is 23.4. The van der Waals surface area contributed by atoms with Crippen molar-refractivity contribution in [1.29, 1.82) is 0 Å². The fraction of sp³-hybridized carbons (Fsp3) is 0.286. The number of carbonyl (C=O) groups excluding carboxylic acids is 3. The molecule has 1 atom stereocenters. The number of halogens is 1. The minimum atomic E-state index is -1.12. The summed E-state index contributed by atoms with van der Waals surface area (Å²) in [6.45, 7) is -0.160. The van der Waals surface area contributed by atoms with Crippen LogP contribution in [0, 0.1) is 10.1 Å². The van der Waals surface area contributed by atoms with Crippen molar-refractivity contribution < 1.29 is 28.8 Å². The highest BCUT2D eigenvalue weighted by Gasteiger charge is 2.45. The average Bonchev–Trinajstić information content (AvgIpc) is 3.08. The van der Waals surface area contributed by atoms with E-state index in [0.29, 0.717) is 5.69 Å². The van der Waals surface area contributed by atoms with Crippen molar-refractivity contribution in [2.45, 2.75) is 18.8 Å². The molecule has 11 heteroatoms. The first-order valence-corrected chi connectivity index (χ1v) is 10.3. The molecule has 0 bridgehead atoms. The van der Waals surface area contributed by atoms with Crippen molar-refractivity contribution in [3.05, 3.63) is 68.7 Å². The van der Waals surface area contributed by atoms with E-state index in [9.17, 15) is 24.5 Å². The molecule has 0 spiro atoms. The topological polar surface area (TPSA) is 119 Å². The van der Waals surface area contributed by atoms with Gasteiger partial charge in [-0.2, -0.15) is 0 Å². The van der Waals surface area contributed by atoms with Gasteiger partial charge in [-0.1, -0.05) is 22.0 Å². The first-order chi connectivity index (χ1) is 15.3. The number of nitro groups is 1. The molecule has 2 aromatic rings. The minimum Gasteiger partial charge on any atom is -0.354 e. The lowest BCUT2D eigenvalue weighted by Crippen LogP contribution is -2.49. The van der Waals surface area contributed by atoms with Gasteiger partial charge in [0.25, 0.3) is 17.5 Å². The van der Waals surface area contributed by atoms with Gasteiger partial charge in [0.2, 0.25) is 5.91 Å². The van der Waals surface area contributed by atoms with Crippen LogP contribution in [0.5, 0.6) is 0 Å². The quantitative estimate of drug-likeness (QED) is 0.234. The number of nitro benzene ring substituents is 1. The van der Waals surface area contributed by atoms with Crippen LogP contribution in [0.25, 0.3) is 0 Å². The third kappa shape index (κ3) is 4.85. The molecule has 1 unspecified atom stereocenters. The van der Waals surface area contributed by atoms with E-state index < -0.39 is 35.0 Å². The van der Waals surface area contributed by atoms with Crippen molar-refractivity contribution in [2.24, 2.45) is 0 Å². The molecule has 0 radical (unpaired) electrons. The maximum atomic E-state index is 13.3. The van der Waals surface area contributed by atoms with Gasteiger partial charge < -0.3 is 14.4 Å². The summed E-state index contributed by atoms with van der Waals surface area (Å²) in [6.07, 6.45) is -1.11. The number of anilines is 1. The summed E-state index contributed by atoms with van der Waals surface area (Å²) >= 11 is 3.31. The number of methoxy groups -OCH3 is 2. The lowest BCUT2D eigenvalue weighted by molar-refractivity contribution is -0.384. The molecule has 32 heavy (non-hydrogen) atoms. The molecule has 0 saturated carbocycles. The van der Waals surface area contributed by atoms with Gasteiger partial charge in [-0.15, -0.1) is 0 Å². The Bertz CT molecular complexity index is 1040. The number of hydrogen-bond donors (Lipinski definition) is 0. The Morgan fingerprint density at radius 1 is 1.22 bits per heavy atom. The number of benzene rings is 2. The van der Waals surface area contributed by atoms with Crippen LogP contribution in [-0.2, 0) is 19.1 Å². The minimum absolute atomic E-state index is 0.00694. The van der Waals surface area contributed by atoms with E-state index in [1.54, 1.807) is 24.3 Å². The fourth-order valence-corrected chi connectivity index (χ4v) is 3.66. The van der Waals surface area contributed by atoms with E-state index in [2.05, 4.69) is 15.9 Å². The van der Waals surface area contributed by atoms with E-state index in [1.807, 2.05) is 0 Å². The zero-order valence-electron chi connectivity index (χ0n) is 17.3. The number of rotatable bonds is 8. The molecular formula is C21H20BrN3O7. The highest BCUT2D eigenvalue weighted by molar-refractivity contribution is 9.10. The summed E-state index contributed by atoms with van der Waals surface area (Å²) in [5, 5.41) is 11.1. The Kier molecular flexibility index (Phi) is 7.33. The molecule has 168 valence electrons. The number of non-ortho nitro benzene ring substituents is 1. The first-order valence-electron chi connectivity index (χ1n) is 9.50. The van der Waals surface area contributed by atoms with E-state index in [0.717, 1.165) is 20.3 Å².